The van der Waals surface area contributed by atoms with Crippen molar-refractivity contribution in [3.05, 3.63) is 0 Å². The molecule has 1 atom stereocenters. The van der Waals surface area contributed by atoms with Gasteiger partial charge in [0.05, 0.1) is 25.7 Å². The van der Waals surface area contributed by atoms with E-state index in [0.29, 0.717) is 32.9 Å². The molecule has 23 heavy (non-hydrogen) atoms. The van der Waals surface area contributed by atoms with Crippen molar-refractivity contribution in [2.24, 2.45) is 5.92 Å². The highest BCUT2D eigenvalue weighted by atomic mass is 31.2. The topological polar surface area (TPSA) is 71.1 Å². The van der Waals surface area contributed by atoms with E-state index in [-0.39, 0.29) is 17.9 Å². The molecule has 134 valence electrons. The minimum atomic E-state index is -2.77. The SMILES string of the molecule is CCOC(=O)C1CCC(NP(=O)(N(C)C)N2CCOCC2)CC1. The molecule has 7 nitrogen and oxygen atoms in total. The number of ether oxygens (including phenoxy) is 2. The van der Waals surface area contributed by atoms with Crippen LogP contribution in [0.25, 0.3) is 0 Å². The molecule has 1 N–H and O–H groups in total. The van der Waals surface area contributed by atoms with E-state index < -0.39 is 7.59 Å². The van der Waals surface area contributed by atoms with E-state index in [1.165, 1.54) is 0 Å². The molecule has 0 radical (unpaired) electrons. The molecule has 1 heterocycles. The van der Waals surface area contributed by atoms with Gasteiger partial charge in [0.1, 0.15) is 0 Å². The van der Waals surface area contributed by atoms with Crippen LogP contribution in [0.2, 0.25) is 0 Å². The van der Waals surface area contributed by atoms with Crippen molar-refractivity contribution in [3.8, 4) is 0 Å². The Morgan fingerprint density at radius 1 is 1.26 bits per heavy atom. The van der Waals surface area contributed by atoms with Crippen LogP contribution in [-0.2, 0) is 18.8 Å². The van der Waals surface area contributed by atoms with Gasteiger partial charge in [-0.05, 0) is 46.7 Å². The number of morpholine rings is 1. The van der Waals surface area contributed by atoms with Crippen LogP contribution >= 0.6 is 7.59 Å². The highest BCUT2D eigenvalue weighted by Crippen LogP contribution is 2.49. The minimum absolute atomic E-state index is 0.00451. The summed E-state index contributed by atoms with van der Waals surface area (Å²) in [5.74, 6) is -0.0925. The van der Waals surface area contributed by atoms with E-state index in [9.17, 15) is 9.36 Å². The molecule has 2 rings (SSSR count). The third-order valence-electron chi connectivity index (χ3n) is 4.61. The number of hydrogen-bond acceptors (Lipinski definition) is 4. The number of nitrogens with zero attached hydrogens (tertiary/aromatic N) is 2. The summed E-state index contributed by atoms with van der Waals surface area (Å²) < 4.78 is 27.7. The van der Waals surface area contributed by atoms with Crippen LogP contribution in [0, 0.1) is 5.92 Å². The molecule has 0 aromatic heterocycles. The summed E-state index contributed by atoms with van der Waals surface area (Å²) in [6.45, 7) is 4.87. The van der Waals surface area contributed by atoms with Gasteiger partial charge < -0.3 is 9.47 Å². The monoisotopic (exact) mass is 347 g/mol. The maximum absolute atomic E-state index is 13.4. The number of hydrogen-bond donors (Lipinski definition) is 1. The third kappa shape index (κ3) is 4.77. The van der Waals surface area contributed by atoms with Crippen LogP contribution in [0.15, 0.2) is 0 Å². The summed E-state index contributed by atoms with van der Waals surface area (Å²) >= 11 is 0. The fourth-order valence-corrected chi connectivity index (χ4v) is 5.57. The molecular weight excluding hydrogens is 317 g/mol. The lowest BCUT2D eigenvalue weighted by Gasteiger charge is -2.41. The zero-order chi connectivity index (χ0) is 16.9. The predicted molar refractivity (Wildman–Crippen MR) is 89.2 cm³/mol. The number of rotatable bonds is 6. The minimum Gasteiger partial charge on any atom is -0.466 e. The Kier molecular flexibility index (Phi) is 7.04. The van der Waals surface area contributed by atoms with E-state index in [2.05, 4.69) is 5.09 Å². The van der Waals surface area contributed by atoms with Crippen molar-refractivity contribution in [3.63, 3.8) is 0 Å². The van der Waals surface area contributed by atoms with Crippen molar-refractivity contribution in [1.29, 1.82) is 0 Å². The van der Waals surface area contributed by atoms with Gasteiger partial charge in [-0.15, -0.1) is 0 Å². The zero-order valence-corrected chi connectivity index (χ0v) is 15.4. The Bertz CT molecular complexity index is 432. The summed E-state index contributed by atoms with van der Waals surface area (Å²) in [4.78, 5) is 11.8. The lowest BCUT2D eigenvalue weighted by molar-refractivity contribution is -0.149. The second-order valence-corrected chi connectivity index (χ2v) is 9.10. The Morgan fingerprint density at radius 3 is 2.39 bits per heavy atom. The average Bonchev–Trinajstić information content (AvgIpc) is 2.56. The first-order valence-electron chi connectivity index (χ1n) is 8.52. The molecule has 8 heteroatoms. The highest BCUT2D eigenvalue weighted by Gasteiger charge is 2.38. The van der Waals surface area contributed by atoms with Crippen molar-refractivity contribution in [2.45, 2.75) is 38.6 Å². The fourth-order valence-electron chi connectivity index (χ4n) is 3.23. The summed E-state index contributed by atoms with van der Waals surface area (Å²) in [5, 5.41) is 3.39. The fraction of sp³-hybridized carbons (Fsp3) is 0.933. The molecular formula is C15H30N3O4P. The van der Waals surface area contributed by atoms with Crippen LogP contribution in [-0.4, -0.2) is 68.4 Å². The van der Waals surface area contributed by atoms with Gasteiger partial charge >= 0.3 is 5.97 Å². The predicted octanol–water partition coefficient (Wildman–Crippen LogP) is 1.70. The van der Waals surface area contributed by atoms with Crippen LogP contribution in [0.5, 0.6) is 0 Å². The molecule has 0 spiro atoms. The molecule has 2 fully saturated rings. The van der Waals surface area contributed by atoms with Crippen LogP contribution < -0.4 is 5.09 Å². The van der Waals surface area contributed by atoms with E-state index in [1.54, 1.807) is 4.67 Å². The second kappa shape index (κ2) is 8.58. The summed E-state index contributed by atoms with van der Waals surface area (Å²) in [6.07, 6.45) is 3.30. The summed E-state index contributed by atoms with van der Waals surface area (Å²) in [5.41, 5.74) is 0. The zero-order valence-electron chi connectivity index (χ0n) is 14.5. The summed E-state index contributed by atoms with van der Waals surface area (Å²) in [6, 6.07) is 0.178. The lowest BCUT2D eigenvalue weighted by Crippen LogP contribution is -2.45. The molecule has 0 amide bonds. The first-order chi connectivity index (χ1) is 11.0. The van der Waals surface area contributed by atoms with E-state index >= 15 is 0 Å². The molecule has 1 aliphatic carbocycles. The van der Waals surface area contributed by atoms with Crippen LogP contribution in [0.4, 0.5) is 0 Å². The van der Waals surface area contributed by atoms with Gasteiger partial charge in [0.15, 0.2) is 0 Å². The number of esters is 1. The van der Waals surface area contributed by atoms with Crippen LogP contribution in [0.3, 0.4) is 0 Å². The molecule has 0 aromatic rings. The van der Waals surface area contributed by atoms with Crippen molar-refractivity contribution in [1.82, 2.24) is 14.4 Å². The molecule has 1 unspecified atom stereocenters. The van der Waals surface area contributed by atoms with Gasteiger partial charge in [-0.1, -0.05) is 0 Å². The molecule has 1 saturated heterocycles. The first kappa shape index (κ1) is 18.9. The van der Waals surface area contributed by atoms with Gasteiger partial charge in [-0.25, -0.2) is 14.4 Å². The molecule has 1 aliphatic heterocycles. The quantitative estimate of drug-likeness (QED) is 0.579. The third-order valence-corrected chi connectivity index (χ3v) is 7.56. The first-order valence-corrected chi connectivity index (χ1v) is 10.1. The molecule has 0 aromatic carbocycles. The molecule has 2 aliphatic rings. The van der Waals surface area contributed by atoms with Crippen LogP contribution in [0.1, 0.15) is 32.6 Å². The maximum Gasteiger partial charge on any atom is 0.308 e. The van der Waals surface area contributed by atoms with Gasteiger partial charge in [0.25, 0.3) is 7.59 Å². The van der Waals surface area contributed by atoms with E-state index in [1.807, 2.05) is 25.7 Å². The largest absolute Gasteiger partial charge is 0.466 e. The van der Waals surface area contributed by atoms with Crippen molar-refractivity contribution >= 4 is 13.6 Å². The second-order valence-electron chi connectivity index (χ2n) is 6.39. The van der Waals surface area contributed by atoms with Gasteiger partial charge in [-0.2, -0.15) is 0 Å². The Balaban J connectivity index is 1.92. The van der Waals surface area contributed by atoms with E-state index in [0.717, 1.165) is 25.7 Å². The Hall–Kier alpha value is -0.460. The van der Waals surface area contributed by atoms with E-state index in [4.69, 9.17) is 9.47 Å². The number of carbonyl (C=O) groups excluding carboxylic acids is 1. The van der Waals surface area contributed by atoms with Gasteiger partial charge in [-0.3, -0.25) is 9.36 Å². The Morgan fingerprint density at radius 2 is 1.87 bits per heavy atom. The highest BCUT2D eigenvalue weighted by molar-refractivity contribution is 7.56. The molecule has 1 saturated carbocycles. The maximum atomic E-state index is 13.4. The number of nitrogens with one attached hydrogen (secondary N) is 1. The molecule has 0 bridgehead atoms. The average molecular weight is 347 g/mol. The smallest absolute Gasteiger partial charge is 0.308 e. The standard InChI is InChI=1S/C15H30N3O4P/c1-4-22-15(19)13-5-7-14(8-6-13)16-23(20,17(2)3)18-9-11-21-12-10-18/h13-14H,4-12H2,1-3H3,(H,16,20). The lowest BCUT2D eigenvalue weighted by atomic mass is 9.86. The number of carbonyl (C=O) groups is 1. The van der Waals surface area contributed by atoms with Crippen molar-refractivity contribution < 1.29 is 18.8 Å². The summed E-state index contributed by atoms with van der Waals surface area (Å²) in [7, 11) is 0.938. The van der Waals surface area contributed by atoms with Crippen molar-refractivity contribution in [2.75, 3.05) is 47.0 Å². The normalized spacial score (nSPS) is 29.2. The van der Waals surface area contributed by atoms with Gasteiger partial charge in [0.2, 0.25) is 0 Å². The van der Waals surface area contributed by atoms with Gasteiger partial charge in [0, 0.05) is 19.1 Å². The Labute approximate surface area is 139 Å².